The van der Waals surface area contributed by atoms with Gasteiger partial charge in [0.05, 0.1) is 40.4 Å². The van der Waals surface area contributed by atoms with Crippen LogP contribution in [0.1, 0.15) is 55.4 Å². The van der Waals surface area contributed by atoms with Crippen LogP contribution in [0.5, 0.6) is 0 Å². The van der Waals surface area contributed by atoms with E-state index in [0.717, 1.165) is 44.9 Å². The minimum atomic E-state index is -0.936. The van der Waals surface area contributed by atoms with Crippen molar-refractivity contribution in [3.63, 3.8) is 0 Å². The zero-order valence-corrected chi connectivity index (χ0v) is 30.8. The number of aromatic nitrogens is 4. The molecule has 0 aromatic carbocycles. The van der Waals surface area contributed by atoms with Crippen molar-refractivity contribution in [1.29, 1.82) is 10.5 Å². The molecule has 11 heteroatoms. The van der Waals surface area contributed by atoms with Crippen molar-refractivity contribution in [2.24, 2.45) is 0 Å². The topological polar surface area (TPSA) is 118 Å². The van der Waals surface area contributed by atoms with Crippen LogP contribution in [0, 0.1) is 23.0 Å². The second-order valence-corrected chi connectivity index (χ2v) is 21.2. The van der Waals surface area contributed by atoms with Gasteiger partial charge in [-0.25, -0.2) is 0 Å². The van der Waals surface area contributed by atoms with E-state index < -0.39 is 17.6 Å². The quantitative estimate of drug-likeness (QED) is 0.103. The zero-order chi connectivity index (χ0) is 33.2. The molecule has 8 nitrogen and oxygen atoms in total. The number of nitriles is 2. The summed E-state index contributed by atoms with van der Waals surface area (Å²) in [6, 6.07) is 20.6. The average molecular weight is 681 g/mol. The summed E-state index contributed by atoms with van der Waals surface area (Å²) in [5, 5.41) is 18.2. The molecule has 0 bridgehead atoms. The van der Waals surface area contributed by atoms with Gasteiger partial charge in [-0.3, -0.25) is 19.9 Å². The van der Waals surface area contributed by atoms with Gasteiger partial charge in [-0.05, 0) is 68.9 Å². The molecular weight excluding hydrogens is 636 g/mol. The second kappa shape index (κ2) is 20.2. The molecule has 0 amide bonds. The molecule has 0 spiro atoms. The Labute approximate surface area is 279 Å². The fourth-order valence-electron chi connectivity index (χ4n) is 5.66. The summed E-state index contributed by atoms with van der Waals surface area (Å²) in [5.74, 6) is 0. The number of hydrogen-bond acceptors (Lipinski definition) is 8. The first-order valence-corrected chi connectivity index (χ1v) is 19.8. The van der Waals surface area contributed by atoms with Gasteiger partial charge < -0.3 is 0 Å². The first-order chi connectivity index (χ1) is 21.6. The summed E-state index contributed by atoms with van der Waals surface area (Å²) in [4.78, 5) is 17.9. The average Bonchev–Trinajstić information content (AvgIpc) is 3.03. The second-order valence-electron chi connectivity index (χ2n) is 11.8. The van der Waals surface area contributed by atoms with Crippen LogP contribution in [0.4, 0.5) is 0 Å². The van der Waals surface area contributed by atoms with Crippen molar-refractivity contribution < 1.29 is 23.3 Å². The molecule has 0 aliphatic rings. The molecule has 4 aromatic rings. The predicted molar refractivity (Wildman–Crippen MR) is 182 cm³/mol. The molecule has 0 atom stereocenters. The summed E-state index contributed by atoms with van der Waals surface area (Å²) in [6.07, 6.45) is 10.4. The van der Waals surface area contributed by atoms with Gasteiger partial charge in [0.25, 0.3) is 0 Å². The van der Waals surface area contributed by atoms with E-state index in [4.69, 9.17) is 10.5 Å². The normalized spacial score (nSPS) is 10.7. The molecule has 4 aromatic heterocycles. The van der Waals surface area contributed by atoms with Gasteiger partial charge in [0.1, 0.15) is 0 Å². The summed E-state index contributed by atoms with van der Waals surface area (Å²) in [5.41, 5.74) is 6.88. The molecule has 238 valence electrons. The molecule has 0 fully saturated rings. The van der Waals surface area contributed by atoms with Crippen LogP contribution in [-0.4, -0.2) is 37.5 Å². The van der Waals surface area contributed by atoms with E-state index in [2.05, 4.69) is 120 Å². The van der Waals surface area contributed by atoms with Gasteiger partial charge in [0, 0.05) is 24.8 Å². The third-order valence-electron chi connectivity index (χ3n) is 7.19. The Morgan fingerprint density at radius 1 is 0.533 bits per heavy atom. The molecule has 4 heterocycles. The van der Waals surface area contributed by atoms with E-state index >= 15 is 0 Å². The molecule has 0 aliphatic carbocycles. The van der Waals surface area contributed by atoms with Gasteiger partial charge in [-0.2, -0.15) is 0 Å². The Morgan fingerprint density at radius 2 is 0.889 bits per heavy atom. The fourth-order valence-corrected chi connectivity index (χ4v) is 13.1. The maximum absolute atomic E-state index is 7.63. The maximum atomic E-state index is 7.63. The van der Waals surface area contributed by atoms with Crippen molar-refractivity contribution in [2.45, 2.75) is 77.6 Å². The molecule has 0 radical (unpaired) electrons. The third-order valence-corrected chi connectivity index (χ3v) is 15.5. The Bertz CT molecular complexity index is 1330. The van der Waals surface area contributed by atoms with E-state index in [1.54, 1.807) is 0 Å². The fraction of sp³-hybridized carbons (Fsp3) is 0.353. The molecule has 0 saturated heterocycles. The van der Waals surface area contributed by atoms with Gasteiger partial charge in [-0.15, -0.1) is 0 Å². The first-order valence-electron chi connectivity index (χ1n) is 15.1. The van der Waals surface area contributed by atoms with Crippen LogP contribution in [0.3, 0.4) is 0 Å². The molecule has 4 rings (SSSR count). The summed E-state index contributed by atoms with van der Waals surface area (Å²) >= 11 is -0.285. The minimum absolute atomic E-state index is 0.285. The van der Waals surface area contributed by atoms with Gasteiger partial charge >= 0.3 is 46.3 Å². The van der Waals surface area contributed by atoms with Crippen LogP contribution < -0.4 is 10.4 Å². The van der Waals surface area contributed by atoms with Crippen molar-refractivity contribution in [3.05, 3.63) is 85.5 Å². The monoisotopic (exact) mass is 680 g/mol. The Kier molecular flexibility index (Phi) is 16.8. The van der Waals surface area contributed by atoms with Crippen LogP contribution >= 0.6 is 0 Å². The third kappa shape index (κ3) is 12.6. The van der Waals surface area contributed by atoms with Crippen molar-refractivity contribution >= 4 is 28.0 Å². The van der Waals surface area contributed by atoms with E-state index in [1.165, 1.54) is 22.9 Å². The Morgan fingerprint density at radius 3 is 1.13 bits per heavy atom. The van der Waals surface area contributed by atoms with Crippen molar-refractivity contribution in [1.82, 2.24) is 19.9 Å². The number of hydrogen-bond donors (Lipinski definition) is 0. The Hall–Kier alpha value is -3.87. The van der Waals surface area contributed by atoms with Crippen LogP contribution in [0.2, 0.25) is 22.2 Å². The molecule has 0 saturated carbocycles. The molecule has 0 unspecified atom stereocenters. The number of rotatable bonds is 10. The molecule has 0 aliphatic heterocycles. The van der Waals surface area contributed by atoms with Crippen LogP contribution in [0.15, 0.2) is 85.5 Å². The molecule has 45 heavy (non-hydrogen) atoms. The summed E-state index contributed by atoms with van der Waals surface area (Å²) in [7, 11) is -1.87. The van der Waals surface area contributed by atoms with Crippen LogP contribution in [-0.2, 0) is 23.3 Å². The van der Waals surface area contributed by atoms with Gasteiger partial charge in [-0.1, -0.05) is 79.7 Å². The molecule has 0 N–H and O–H groups in total. The van der Waals surface area contributed by atoms with Crippen molar-refractivity contribution in [3.8, 4) is 35.3 Å². The first kappa shape index (κ1) is 37.3. The molecular formula is C34H44FeN6O2Si2. The zero-order valence-electron chi connectivity index (χ0n) is 27.4. The van der Waals surface area contributed by atoms with E-state index in [9.17, 15) is 0 Å². The Balaban J connectivity index is 0.000000260. The van der Waals surface area contributed by atoms with Crippen LogP contribution in [0.25, 0.3) is 22.8 Å². The summed E-state index contributed by atoms with van der Waals surface area (Å²) < 4.78 is 7.87. The summed E-state index contributed by atoms with van der Waals surface area (Å²) in [6.45, 7) is 18.7. The standard InChI is InChI=1S/2C16H22N2Si.2CHNO.Fe/c2*1-12(2)19(13(3)4)14-8-9-16(18-11-14)15-7-5-6-10-17-15;2*2-1-3;/h2*5-13,19H,1-4H3;2*3H;/q;;;;+2/p-2. The SMILES string of the molecule is CC(C)[SiH](c1ccc(-c2ccccn2)nc1)C(C)C.CC(C)[SiH](c1ccc(-c2ccccn2)nc1)C(C)C.N#C[O][Fe][O]C#N. The van der Waals surface area contributed by atoms with E-state index in [1.807, 2.05) is 48.8 Å². The van der Waals surface area contributed by atoms with Gasteiger partial charge in [0.15, 0.2) is 0 Å². The van der Waals surface area contributed by atoms with E-state index in [0.29, 0.717) is 0 Å². The predicted octanol–water partition coefficient (Wildman–Crippen LogP) is 6.69. The van der Waals surface area contributed by atoms with Gasteiger partial charge in [0.2, 0.25) is 0 Å². The van der Waals surface area contributed by atoms with Crippen molar-refractivity contribution in [2.75, 3.05) is 0 Å². The van der Waals surface area contributed by atoms with E-state index in [-0.39, 0.29) is 15.6 Å². The number of pyridine rings is 4. The number of nitrogens with zero attached hydrogens (tertiary/aromatic N) is 6.